The maximum Gasteiger partial charge on any atom is 0.306 e. The number of fused-ring (bicyclic) bond motifs is 1. The lowest BCUT2D eigenvalue weighted by Crippen LogP contribution is -2.48. The van der Waals surface area contributed by atoms with E-state index in [4.69, 9.17) is 0 Å². The van der Waals surface area contributed by atoms with E-state index in [-0.39, 0.29) is 37.6 Å². The summed E-state index contributed by atoms with van der Waals surface area (Å²) in [5.74, 6) is -0.619. The zero-order chi connectivity index (χ0) is 27.1. The van der Waals surface area contributed by atoms with Crippen molar-refractivity contribution in [3.8, 4) is 0 Å². The number of methoxy groups -OCH3 is 2. The van der Waals surface area contributed by atoms with Crippen LogP contribution in [0.5, 0.6) is 0 Å². The number of aromatic nitrogens is 1. The predicted molar refractivity (Wildman–Crippen MR) is 145 cm³/mol. The summed E-state index contributed by atoms with van der Waals surface area (Å²) in [6.07, 6.45) is 3.94. The number of hydrogen-bond donors (Lipinski definition) is 1. The van der Waals surface area contributed by atoms with Crippen molar-refractivity contribution in [2.45, 2.75) is 50.5 Å². The molecule has 10 nitrogen and oxygen atoms in total. The number of amidine groups is 1. The number of ether oxygens (including phenoxy) is 2. The summed E-state index contributed by atoms with van der Waals surface area (Å²) in [5.41, 5.74) is 2.51. The Labute approximate surface area is 226 Å². The van der Waals surface area contributed by atoms with Gasteiger partial charge in [0.2, 0.25) is 11.8 Å². The molecule has 11 heteroatoms. The minimum absolute atomic E-state index is 0.0260. The van der Waals surface area contributed by atoms with Crippen molar-refractivity contribution in [3.05, 3.63) is 36.0 Å². The van der Waals surface area contributed by atoms with E-state index in [1.54, 1.807) is 4.90 Å². The van der Waals surface area contributed by atoms with Gasteiger partial charge in [-0.1, -0.05) is 30.0 Å². The van der Waals surface area contributed by atoms with Crippen LogP contribution in [0.1, 0.15) is 50.0 Å². The van der Waals surface area contributed by atoms with Crippen molar-refractivity contribution in [3.63, 3.8) is 0 Å². The highest BCUT2D eigenvalue weighted by Crippen LogP contribution is 2.34. The quantitative estimate of drug-likeness (QED) is 0.480. The van der Waals surface area contributed by atoms with Crippen molar-refractivity contribution >= 4 is 51.6 Å². The zero-order valence-electron chi connectivity index (χ0n) is 21.8. The molecule has 204 valence electrons. The monoisotopic (exact) mass is 542 g/mol. The van der Waals surface area contributed by atoms with E-state index in [1.807, 2.05) is 6.07 Å². The molecule has 1 atom stereocenters. The molecule has 0 aliphatic carbocycles. The number of aromatic amines is 1. The van der Waals surface area contributed by atoms with Crippen molar-refractivity contribution in [2.24, 2.45) is 4.99 Å². The fraction of sp³-hybridized carbons (Fsp3) is 0.519. The zero-order valence-corrected chi connectivity index (χ0v) is 22.6. The smallest absolute Gasteiger partial charge is 0.306 e. The number of benzene rings is 1. The number of nitrogens with zero attached hydrogens (tertiary/aromatic N) is 3. The third-order valence-electron chi connectivity index (χ3n) is 7.12. The van der Waals surface area contributed by atoms with Crippen LogP contribution in [0.3, 0.4) is 0 Å². The van der Waals surface area contributed by atoms with Crippen LogP contribution in [0.15, 0.2) is 35.5 Å². The normalized spacial score (nSPS) is 19.7. The van der Waals surface area contributed by atoms with Crippen molar-refractivity contribution < 1.29 is 28.7 Å². The Morgan fingerprint density at radius 3 is 2.39 bits per heavy atom. The van der Waals surface area contributed by atoms with Crippen molar-refractivity contribution in [2.75, 3.05) is 39.6 Å². The molecule has 38 heavy (non-hydrogen) atoms. The highest BCUT2D eigenvalue weighted by Gasteiger charge is 2.37. The first-order chi connectivity index (χ1) is 18.4. The molecule has 4 rings (SSSR count). The third-order valence-corrected chi connectivity index (χ3v) is 8.22. The van der Waals surface area contributed by atoms with Gasteiger partial charge in [-0.05, 0) is 43.5 Å². The molecule has 3 heterocycles. The molecule has 0 bridgehead atoms. The Kier molecular flexibility index (Phi) is 9.57. The Morgan fingerprint density at radius 2 is 1.68 bits per heavy atom. The van der Waals surface area contributed by atoms with Crippen LogP contribution in [0.25, 0.3) is 10.9 Å². The maximum absolute atomic E-state index is 13.2. The molecule has 2 aromatic rings. The summed E-state index contributed by atoms with van der Waals surface area (Å²) >= 11 is 1.35. The first kappa shape index (κ1) is 27.8. The SMILES string of the molecule is COC(=O)CCC(=O)N=C1SCC(CN2CCC(c3c[nH]c4ccccc34)CC2)N1C(=O)CCC(=O)OC. The van der Waals surface area contributed by atoms with Crippen molar-refractivity contribution in [1.29, 1.82) is 0 Å². The number of carbonyl (C=O) groups excluding carboxylic acids is 4. The second kappa shape index (κ2) is 13.1. The van der Waals surface area contributed by atoms with E-state index in [1.165, 1.54) is 36.9 Å². The van der Waals surface area contributed by atoms with Gasteiger partial charge in [-0.3, -0.25) is 24.1 Å². The number of hydrogen-bond acceptors (Lipinski definition) is 8. The molecule has 1 N–H and O–H groups in total. The summed E-state index contributed by atoms with van der Waals surface area (Å²) in [6, 6.07) is 8.19. The number of para-hydroxylation sites is 1. The molecule has 0 saturated carbocycles. The molecule has 2 aliphatic rings. The van der Waals surface area contributed by atoms with Gasteiger partial charge in [0.25, 0.3) is 0 Å². The van der Waals surface area contributed by atoms with Gasteiger partial charge in [-0.15, -0.1) is 0 Å². The highest BCUT2D eigenvalue weighted by molar-refractivity contribution is 8.14. The minimum atomic E-state index is -0.488. The number of piperidine rings is 1. The molecule has 2 fully saturated rings. The highest BCUT2D eigenvalue weighted by atomic mass is 32.2. The summed E-state index contributed by atoms with van der Waals surface area (Å²) in [5, 5.41) is 1.60. The Bertz CT molecular complexity index is 1200. The predicted octanol–water partition coefficient (Wildman–Crippen LogP) is 3.08. The first-order valence-corrected chi connectivity index (χ1v) is 13.9. The van der Waals surface area contributed by atoms with Gasteiger partial charge in [0.15, 0.2) is 5.17 Å². The van der Waals surface area contributed by atoms with Gasteiger partial charge >= 0.3 is 11.9 Å². The maximum atomic E-state index is 13.2. The van der Waals surface area contributed by atoms with Gasteiger partial charge < -0.3 is 19.4 Å². The summed E-state index contributed by atoms with van der Waals surface area (Å²) in [4.78, 5) is 60.1. The van der Waals surface area contributed by atoms with Crippen LogP contribution >= 0.6 is 11.8 Å². The number of esters is 2. The second-order valence-corrected chi connectivity index (χ2v) is 10.5. The third kappa shape index (κ3) is 6.82. The van der Waals surface area contributed by atoms with Gasteiger partial charge in [0.1, 0.15) is 0 Å². The van der Waals surface area contributed by atoms with Crippen LogP contribution in [-0.4, -0.2) is 89.4 Å². The lowest BCUT2D eigenvalue weighted by molar-refractivity contribution is -0.143. The number of carbonyl (C=O) groups is 4. The molecule has 0 spiro atoms. The molecule has 1 aromatic carbocycles. The molecular formula is C27H34N4O6S. The number of thioether (sulfide) groups is 1. The lowest BCUT2D eigenvalue weighted by atomic mass is 9.89. The molecule has 1 unspecified atom stereocenters. The fourth-order valence-corrected chi connectivity index (χ4v) is 6.22. The van der Waals surface area contributed by atoms with Crippen molar-refractivity contribution in [1.82, 2.24) is 14.8 Å². The van der Waals surface area contributed by atoms with Crippen LogP contribution in [0.4, 0.5) is 0 Å². The first-order valence-electron chi connectivity index (χ1n) is 12.9. The van der Waals surface area contributed by atoms with Crippen LogP contribution in [-0.2, 0) is 28.7 Å². The topological polar surface area (TPSA) is 121 Å². The summed E-state index contributed by atoms with van der Waals surface area (Å²) in [7, 11) is 2.55. The van der Waals surface area contributed by atoms with E-state index in [9.17, 15) is 19.2 Å². The fourth-order valence-electron chi connectivity index (χ4n) is 5.06. The molecular weight excluding hydrogens is 508 g/mol. The Balaban J connectivity index is 1.40. The number of rotatable bonds is 9. The van der Waals surface area contributed by atoms with Crippen LogP contribution in [0, 0.1) is 0 Å². The number of amides is 2. The van der Waals surface area contributed by atoms with E-state index in [2.05, 4.69) is 48.7 Å². The lowest BCUT2D eigenvalue weighted by Gasteiger charge is -2.35. The number of nitrogens with one attached hydrogen (secondary N) is 1. The standard InChI is InChI=1S/C27H34N4O6S/c1-36-25(34)9-7-23(32)29-27-31(24(33)8-10-26(35)37-2)19(17-38-27)16-30-13-11-18(12-14-30)21-15-28-22-6-4-3-5-20(21)22/h3-6,15,18-19,28H,7-14,16-17H2,1-2H3. The van der Waals surface area contributed by atoms with E-state index < -0.39 is 17.8 Å². The van der Waals surface area contributed by atoms with Crippen LogP contribution in [0.2, 0.25) is 0 Å². The number of aliphatic imine (C=N–C) groups is 1. The Hall–Kier alpha value is -3.18. The Morgan fingerprint density at radius 1 is 1.00 bits per heavy atom. The van der Waals surface area contributed by atoms with Gasteiger partial charge in [-0.25, -0.2) is 0 Å². The van der Waals surface area contributed by atoms with E-state index in [0.29, 0.717) is 23.4 Å². The van der Waals surface area contributed by atoms with Crippen LogP contribution < -0.4 is 0 Å². The largest absolute Gasteiger partial charge is 0.469 e. The number of likely N-dealkylation sites (tertiary alicyclic amines) is 1. The van der Waals surface area contributed by atoms with Gasteiger partial charge in [-0.2, -0.15) is 4.99 Å². The minimum Gasteiger partial charge on any atom is -0.469 e. The average molecular weight is 543 g/mol. The molecule has 2 aliphatic heterocycles. The molecule has 1 aromatic heterocycles. The second-order valence-electron chi connectivity index (χ2n) is 9.53. The van der Waals surface area contributed by atoms with Gasteiger partial charge in [0, 0.05) is 42.2 Å². The summed E-state index contributed by atoms with van der Waals surface area (Å²) in [6.45, 7) is 2.47. The van der Waals surface area contributed by atoms with E-state index in [0.717, 1.165) is 31.4 Å². The van der Waals surface area contributed by atoms with E-state index >= 15 is 0 Å². The molecule has 2 saturated heterocycles. The molecule has 2 amide bonds. The van der Waals surface area contributed by atoms with Gasteiger partial charge in [0.05, 0.1) is 33.1 Å². The average Bonchev–Trinajstić information content (AvgIpc) is 3.54. The summed E-state index contributed by atoms with van der Waals surface area (Å²) < 4.78 is 9.27. The number of H-pyrrole nitrogens is 1. The molecule has 0 radical (unpaired) electrons.